The monoisotopic (exact) mass is 303 g/mol. The molecule has 3 rings (SSSR count). The van der Waals surface area contributed by atoms with Crippen molar-refractivity contribution in [3.05, 3.63) is 44.4 Å². The van der Waals surface area contributed by atoms with Crippen LogP contribution in [0, 0.1) is 18.3 Å². The molecule has 1 heterocycles. The summed E-state index contributed by atoms with van der Waals surface area (Å²) in [5.41, 5.74) is 2.52. The fourth-order valence-electron chi connectivity index (χ4n) is 2.62. The Morgan fingerprint density at radius 1 is 1.50 bits per heavy atom. The number of aromatic nitrogens is 1. The second-order valence-electron chi connectivity index (χ2n) is 4.91. The Labute approximate surface area is 127 Å². The number of fused-ring (bicyclic) bond motifs is 1. The van der Waals surface area contributed by atoms with E-state index in [4.69, 9.17) is 11.6 Å². The van der Waals surface area contributed by atoms with E-state index >= 15 is 0 Å². The van der Waals surface area contributed by atoms with Crippen LogP contribution >= 0.6 is 22.9 Å². The van der Waals surface area contributed by atoms with E-state index in [2.05, 4.69) is 16.4 Å². The molecule has 3 nitrogen and oxygen atoms in total. The van der Waals surface area contributed by atoms with E-state index in [0.29, 0.717) is 10.6 Å². The van der Waals surface area contributed by atoms with E-state index in [-0.39, 0.29) is 6.04 Å². The number of nitrogens with zero attached hydrogens (tertiary/aromatic N) is 2. The van der Waals surface area contributed by atoms with Gasteiger partial charge in [-0.15, -0.1) is 11.3 Å². The van der Waals surface area contributed by atoms with Gasteiger partial charge in [0.15, 0.2) is 0 Å². The smallest absolute Gasteiger partial charge is 0.101 e. The van der Waals surface area contributed by atoms with Crippen LogP contribution in [0.2, 0.25) is 5.02 Å². The van der Waals surface area contributed by atoms with Crippen LogP contribution in [0.3, 0.4) is 0 Å². The number of nitrogens with one attached hydrogen (secondary N) is 1. The van der Waals surface area contributed by atoms with Crippen molar-refractivity contribution in [2.24, 2.45) is 0 Å². The molecule has 1 atom stereocenters. The fraction of sp³-hybridized carbons (Fsp3) is 0.333. The molecule has 20 heavy (non-hydrogen) atoms. The number of anilines is 1. The van der Waals surface area contributed by atoms with Crippen LogP contribution in [-0.4, -0.2) is 4.98 Å². The highest BCUT2D eigenvalue weighted by Crippen LogP contribution is 2.38. The maximum atomic E-state index is 9.21. The average Bonchev–Trinajstić information content (AvgIpc) is 2.82. The molecule has 0 saturated heterocycles. The number of thiazole rings is 1. The predicted molar refractivity (Wildman–Crippen MR) is 82.3 cm³/mol. The topological polar surface area (TPSA) is 48.7 Å². The van der Waals surface area contributed by atoms with E-state index in [9.17, 15) is 5.26 Å². The Balaban J connectivity index is 1.96. The average molecular weight is 304 g/mol. The third-order valence-corrected chi connectivity index (χ3v) is 4.95. The molecule has 2 aromatic rings. The lowest BCUT2D eigenvalue weighted by Crippen LogP contribution is -2.16. The maximum Gasteiger partial charge on any atom is 0.101 e. The van der Waals surface area contributed by atoms with Crippen LogP contribution in [0.5, 0.6) is 0 Å². The normalized spacial score (nSPS) is 17.4. The van der Waals surface area contributed by atoms with Gasteiger partial charge in [0.2, 0.25) is 0 Å². The Morgan fingerprint density at radius 2 is 2.35 bits per heavy atom. The van der Waals surface area contributed by atoms with Crippen LogP contribution in [0.15, 0.2) is 18.2 Å². The van der Waals surface area contributed by atoms with Crippen LogP contribution < -0.4 is 5.32 Å². The second kappa shape index (κ2) is 5.43. The predicted octanol–water partition coefficient (Wildman–Crippen LogP) is 4.47. The summed E-state index contributed by atoms with van der Waals surface area (Å²) in [6.07, 6.45) is 3.20. The lowest BCUT2D eigenvalue weighted by molar-refractivity contribution is 0.602. The van der Waals surface area contributed by atoms with Crippen LogP contribution in [0.4, 0.5) is 5.69 Å². The van der Waals surface area contributed by atoms with Crippen LogP contribution in [-0.2, 0) is 6.42 Å². The molecule has 0 bridgehead atoms. The molecular weight excluding hydrogens is 290 g/mol. The minimum absolute atomic E-state index is 0.206. The highest BCUT2D eigenvalue weighted by Gasteiger charge is 2.25. The van der Waals surface area contributed by atoms with Gasteiger partial charge in [-0.2, -0.15) is 5.26 Å². The number of nitriles is 1. The molecule has 0 fully saturated rings. The Morgan fingerprint density at radius 3 is 3.15 bits per heavy atom. The van der Waals surface area contributed by atoms with Crippen molar-refractivity contribution in [2.45, 2.75) is 32.2 Å². The van der Waals surface area contributed by atoms with Crippen molar-refractivity contribution >= 4 is 28.6 Å². The maximum absolute atomic E-state index is 9.21. The molecule has 1 unspecified atom stereocenters. The number of hydrogen-bond acceptors (Lipinski definition) is 4. The Hall–Kier alpha value is -1.57. The first-order chi connectivity index (χ1) is 9.69. The first-order valence-electron chi connectivity index (χ1n) is 6.60. The van der Waals surface area contributed by atoms with E-state index < -0.39 is 0 Å². The van der Waals surface area contributed by atoms with Gasteiger partial charge in [0.05, 0.1) is 37.9 Å². The van der Waals surface area contributed by atoms with Gasteiger partial charge < -0.3 is 5.32 Å². The molecule has 102 valence electrons. The standard InChI is InChI=1S/C15H14ClN3S/c1-9-18-12-6-3-7-13(15(12)20-9)19-14-10(8-17)4-2-5-11(14)16/h2,4-5,13,19H,3,6-7H2,1H3. The van der Waals surface area contributed by atoms with Gasteiger partial charge in [-0.25, -0.2) is 4.98 Å². The highest BCUT2D eigenvalue weighted by atomic mass is 35.5. The van der Waals surface area contributed by atoms with Gasteiger partial charge in [0.1, 0.15) is 6.07 Å². The first kappa shape index (κ1) is 13.4. The van der Waals surface area contributed by atoms with Crippen molar-refractivity contribution < 1.29 is 0 Å². The van der Waals surface area contributed by atoms with Crippen molar-refractivity contribution in [1.29, 1.82) is 5.26 Å². The van der Waals surface area contributed by atoms with Gasteiger partial charge in [-0.3, -0.25) is 0 Å². The van der Waals surface area contributed by atoms with Gasteiger partial charge >= 0.3 is 0 Å². The van der Waals surface area contributed by atoms with E-state index in [1.165, 1.54) is 10.6 Å². The largest absolute Gasteiger partial charge is 0.375 e. The third-order valence-electron chi connectivity index (χ3n) is 3.51. The number of hydrogen-bond donors (Lipinski definition) is 1. The molecule has 0 radical (unpaired) electrons. The molecule has 0 spiro atoms. The molecule has 1 aliphatic carbocycles. The summed E-state index contributed by atoms with van der Waals surface area (Å²) < 4.78 is 0. The minimum Gasteiger partial charge on any atom is -0.375 e. The molecule has 0 saturated carbocycles. The molecule has 1 aromatic carbocycles. The van der Waals surface area contributed by atoms with Gasteiger partial charge in [0.25, 0.3) is 0 Å². The highest BCUT2D eigenvalue weighted by molar-refractivity contribution is 7.11. The summed E-state index contributed by atoms with van der Waals surface area (Å²) in [6, 6.07) is 7.80. The molecule has 1 aliphatic rings. The number of halogens is 1. The second-order valence-corrected chi connectivity index (χ2v) is 6.55. The van der Waals surface area contributed by atoms with Crippen molar-refractivity contribution in [2.75, 3.05) is 5.32 Å². The van der Waals surface area contributed by atoms with Crippen LogP contribution in [0.1, 0.15) is 40.0 Å². The number of rotatable bonds is 2. The molecular formula is C15H14ClN3S. The molecule has 1 aromatic heterocycles. The van der Waals surface area contributed by atoms with Gasteiger partial charge in [-0.05, 0) is 38.3 Å². The zero-order valence-corrected chi connectivity index (χ0v) is 12.7. The van der Waals surface area contributed by atoms with Gasteiger partial charge in [-0.1, -0.05) is 17.7 Å². The van der Waals surface area contributed by atoms with Crippen molar-refractivity contribution in [3.8, 4) is 6.07 Å². The fourth-order valence-corrected chi connectivity index (χ4v) is 3.91. The molecule has 0 aliphatic heterocycles. The summed E-state index contributed by atoms with van der Waals surface area (Å²) in [5.74, 6) is 0. The van der Waals surface area contributed by atoms with E-state index in [1.54, 1.807) is 23.5 Å². The molecule has 0 amide bonds. The number of aryl methyl sites for hydroxylation is 2. The summed E-state index contributed by atoms with van der Waals surface area (Å²) in [5, 5.41) is 14.4. The summed E-state index contributed by atoms with van der Waals surface area (Å²) in [6.45, 7) is 2.04. The van der Waals surface area contributed by atoms with Gasteiger partial charge in [0, 0.05) is 0 Å². The Kier molecular flexibility index (Phi) is 3.64. The molecule has 1 N–H and O–H groups in total. The lowest BCUT2D eigenvalue weighted by atomic mass is 9.97. The first-order valence-corrected chi connectivity index (χ1v) is 7.80. The van der Waals surface area contributed by atoms with E-state index in [0.717, 1.165) is 30.0 Å². The zero-order chi connectivity index (χ0) is 14.1. The number of para-hydroxylation sites is 1. The summed E-state index contributed by atoms with van der Waals surface area (Å²) >= 11 is 7.97. The minimum atomic E-state index is 0.206. The number of benzene rings is 1. The Bertz CT molecular complexity index is 687. The van der Waals surface area contributed by atoms with Crippen LogP contribution in [0.25, 0.3) is 0 Å². The summed E-state index contributed by atoms with van der Waals surface area (Å²) in [7, 11) is 0. The molecule has 5 heteroatoms. The van der Waals surface area contributed by atoms with Crippen molar-refractivity contribution in [3.63, 3.8) is 0 Å². The lowest BCUT2D eigenvalue weighted by Gasteiger charge is -2.24. The van der Waals surface area contributed by atoms with E-state index in [1.807, 2.05) is 13.0 Å². The zero-order valence-electron chi connectivity index (χ0n) is 11.1. The quantitative estimate of drug-likeness (QED) is 0.890. The SMILES string of the molecule is Cc1nc2c(s1)C(Nc1c(Cl)cccc1C#N)CCC2. The summed E-state index contributed by atoms with van der Waals surface area (Å²) in [4.78, 5) is 5.88. The van der Waals surface area contributed by atoms with Crippen molar-refractivity contribution in [1.82, 2.24) is 4.98 Å². The third kappa shape index (κ3) is 2.39.